The van der Waals surface area contributed by atoms with Gasteiger partial charge in [0.15, 0.2) is 0 Å². The van der Waals surface area contributed by atoms with Crippen LogP contribution < -0.4 is 0 Å². The third-order valence-corrected chi connectivity index (χ3v) is 2.32. The fraction of sp³-hybridized carbons (Fsp3) is 0.714. The Morgan fingerprint density at radius 2 is 2.00 bits per heavy atom. The van der Waals surface area contributed by atoms with Crippen LogP contribution in [-0.4, -0.2) is 16.9 Å². The average Bonchev–Trinajstić information content (AvgIpc) is 2.42. The van der Waals surface area contributed by atoms with Crippen LogP contribution in [0, 0.1) is 11.3 Å². The van der Waals surface area contributed by atoms with E-state index in [-0.39, 0.29) is 11.7 Å². The Morgan fingerprint density at radius 1 is 1.60 bits per heavy atom. The Morgan fingerprint density at radius 3 is 2.00 bits per heavy atom. The number of carbonyl (C=O) groups excluding carboxylic acids is 1. The Balaban J connectivity index is 2.83. The average molecular weight is 142 g/mol. The molecule has 1 aliphatic rings. The molecule has 0 aromatic rings. The van der Waals surface area contributed by atoms with Crippen LogP contribution in [0.1, 0.15) is 20.3 Å². The van der Waals surface area contributed by atoms with Crippen LogP contribution in [0.2, 0.25) is 0 Å². The second-order valence-electron chi connectivity index (χ2n) is 2.94. The molecule has 0 amide bonds. The lowest BCUT2D eigenvalue weighted by Gasteiger charge is -2.03. The van der Waals surface area contributed by atoms with Gasteiger partial charge in [0, 0.05) is 0 Å². The van der Waals surface area contributed by atoms with Gasteiger partial charge < -0.3 is 5.11 Å². The maximum absolute atomic E-state index is 10.8. The molecule has 1 N–H and O–H groups in total. The number of carboxylic acids is 1. The minimum Gasteiger partial charge on any atom is -0.480 e. The minimum absolute atomic E-state index is 0.0301. The summed E-state index contributed by atoms with van der Waals surface area (Å²) >= 11 is 0. The number of ketones is 1. The predicted octanol–water partition coefficient (Wildman–Crippen LogP) is 0.686. The summed E-state index contributed by atoms with van der Waals surface area (Å²) in [4.78, 5) is 21.3. The van der Waals surface area contributed by atoms with Gasteiger partial charge in [-0.1, -0.05) is 6.92 Å². The van der Waals surface area contributed by atoms with Gasteiger partial charge in [0.05, 0.1) is 0 Å². The van der Waals surface area contributed by atoms with Crippen molar-refractivity contribution < 1.29 is 14.7 Å². The highest BCUT2D eigenvalue weighted by molar-refractivity contribution is 6.05. The third-order valence-electron chi connectivity index (χ3n) is 2.32. The van der Waals surface area contributed by atoms with Crippen LogP contribution >= 0.6 is 0 Å². The molecule has 3 nitrogen and oxygen atoms in total. The second-order valence-corrected chi connectivity index (χ2v) is 2.94. The summed E-state index contributed by atoms with van der Waals surface area (Å²) < 4.78 is 0. The number of hydrogen-bond acceptors (Lipinski definition) is 2. The zero-order valence-corrected chi connectivity index (χ0v) is 6.05. The Kier molecular flexibility index (Phi) is 1.31. The first-order valence-electron chi connectivity index (χ1n) is 3.26. The number of aliphatic carboxylic acids is 1. The molecule has 1 aliphatic carbocycles. The van der Waals surface area contributed by atoms with Crippen molar-refractivity contribution in [3.63, 3.8) is 0 Å². The normalized spacial score (nSPS) is 37.2. The first-order chi connectivity index (χ1) is 4.51. The summed E-state index contributed by atoms with van der Waals surface area (Å²) in [5, 5.41) is 8.62. The molecule has 56 valence electrons. The largest absolute Gasteiger partial charge is 0.480 e. The molecule has 0 bridgehead atoms. The molecule has 0 aromatic carbocycles. The number of carboxylic acid groups (broad SMARTS) is 1. The van der Waals surface area contributed by atoms with E-state index in [1.165, 1.54) is 6.92 Å². The first kappa shape index (κ1) is 7.25. The summed E-state index contributed by atoms with van der Waals surface area (Å²) in [5.74, 6) is -1.15. The third kappa shape index (κ3) is 0.664. The second kappa shape index (κ2) is 1.81. The summed E-state index contributed by atoms with van der Waals surface area (Å²) in [7, 11) is 0. The van der Waals surface area contributed by atoms with E-state index in [9.17, 15) is 9.59 Å². The maximum Gasteiger partial charge on any atom is 0.317 e. The number of rotatable bonds is 2. The topological polar surface area (TPSA) is 54.4 Å². The van der Waals surface area contributed by atoms with E-state index in [1.807, 2.05) is 0 Å². The lowest BCUT2D eigenvalue weighted by Crippen LogP contribution is -2.24. The van der Waals surface area contributed by atoms with Crippen molar-refractivity contribution in [2.24, 2.45) is 11.3 Å². The summed E-state index contributed by atoms with van der Waals surface area (Å²) in [6.07, 6.45) is 0.512. The molecule has 1 rings (SSSR count). The smallest absolute Gasteiger partial charge is 0.317 e. The molecular formula is C7H10O3. The van der Waals surface area contributed by atoms with Crippen molar-refractivity contribution in [3.8, 4) is 0 Å². The van der Waals surface area contributed by atoms with Gasteiger partial charge in [0.25, 0.3) is 0 Å². The number of carbonyl (C=O) groups is 2. The lowest BCUT2D eigenvalue weighted by molar-refractivity contribution is -0.148. The molecule has 0 unspecified atom stereocenters. The van der Waals surface area contributed by atoms with Crippen LogP contribution in [-0.2, 0) is 9.59 Å². The predicted molar refractivity (Wildman–Crippen MR) is 34.5 cm³/mol. The highest BCUT2D eigenvalue weighted by Gasteiger charge is 2.61. The van der Waals surface area contributed by atoms with E-state index in [0.717, 1.165) is 0 Å². The molecule has 0 saturated heterocycles. The molecule has 0 radical (unpaired) electrons. The molecule has 0 heterocycles. The minimum atomic E-state index is -1.01. The number of hydrogen-bond donors (Lipinski definition) is 1. The Bertz CT molecular complexity index is 181. The van der Waals surface area contributed by atoms with Crippen LogP contribution in [0.4, 0.5) is 0 Å². The number of Topliss-reactive ketones (excluding diaryl/α,β-unsaturated/α-hetero) is 1. The van der Waals surface area contributed by atoms with Gasteiger partial charge in [-0.05, 0) is 19.3 Å². The van der Waals surface area contributed by atoms with Gasteiger partial charge in [-0.3, -0.25) is 9.59 Å². The molecule has 1 saturated carbocycles. The molecular weight excluding hydrogens is 132 g/mol. The summed E-state index contributed by atoms with van der Waals surface area (Å²) in [5.41, 5.74) is -1.01. The van der Waals surface area contributed by atoms with E-state index >= 15 is 0 Å². The molecule has 10 heavy (non-hydrogen) atoms. The van der Waals surface area contributed by atoms with Gasteiger partial charge in [0.1, 0.15) is 11.2 Å². The quantitative estimate of drug-likeness (QED) is 0.577. The zero-order valence-electron chi connectivity index (χ0n) is 6.05. The standard InChI is InChI=1S/C7H10O3/c1-4-3-7(4,5(2)8)6(9)10/h4H,3H2,1-2H3,(H,9,10)/t4-,7+/m1/s1. The first-order valence-corrected chi connectivity index (χ1v) is 3.26. The van der Waals surface area contributed by atoms with Gasteiger partial charge in [0.2, 0.25) is 0 Å². The van der Waals surface area contributed by atoms with Crippen LogP contribution in [0.3, 0.4) is 0 Å². The Labute approximate surface area is 59.0 Å². The zero-order chi connectivity index (χ0) is 7.94. The van der Waals surface area contributed by atoms with Crippen molar-refractivity contribution in [3.05, 3.63) is 0 Å². The van der Waals surface area contributed by atoms with E-state index < -0.39 is 11.4 Å². The summed E-state index contributed by atoms with van der Waals surface area (Å²) in [6, 6.07) is 0. The van der Waals surface area contributed by atoms with Crippen LogP contribution in [0.5, 0.6) is 0 Å². The lowest BCUT2D eigenvalue weighted by atomic mass is 10.0. The molecule has 1 fully saturated rings. The van der Waals surface area contributed by atoms with Crippen LogP contribution in [0.25, 0.3) is 0 Å². The highest BCUT2D eigenvalue weighted by atomic mass is 16.4. The van der Waals surface area contributed by atoms with Gasteiger partial charge in [-0.25, -0.2) is 0 Å². The SMILES string of the molecule is CC(=O)[C@]1(C(=O)O)C[C@H]1C. The molecule has 0 spiro atoms. The van der Waals surface area contributed by atoms with E-state index in [1.54, 1.807) is 6.92 Å². The van der Waals surface area contributed by atoms with Crippen molar-refractivity contribution >= 4 is 11.8 Å². The summed E-state index contributed by atoms with van der Waals surface area (Å²) in [6.45, 7) is 3.13. The molecule has 0 aromatic heterocycles. The fourth-order valence-electron chi connectivity index (χ4n) is 1.36. The molecule has 3 heteroatoms. The fourth-order valence-corrected chi connectivity index (χ4v) is 1.36. The highest BCUT2D eigenvalue weighted by Crippen LogP contribution is 2.52. The van der Waals surface area contributed by atoms with Crippen LogP contribution in [0.15, 0.2) is 0 Å². The van der Waals surface area contributed by atoms with Crippen molar-refractivity contribution in [2.75, 3.05) is 0 Å². The van der Waals surface area contributed by atoms with Gasteiger partial charge >= 0.3 is 5.97 Å². The van der Waals surface area contributed by atoms with E-state index in [4.69, 9.17) is 5.11 Å². The van der Waals surface area contributed by atoms with Crippen molar-refractivity contribution in [1.82, 2.24) is 0 Å². The molecule has 2 atom stereocenters. The monoisotopic (exact) mass is 142 g/mol. The van der Waals surface area contributed by atoms with Gasteiger partial charge in [-0.15, -0.1) is 0 Å². The molecule has 0 aliphatic heterocycles. The van der Waals surface area contributed by atoms with Gasteiger partial charge in [-0.2, -0.15) is 0 Å². The van der Waals surface area contributed by atoms with E-state index in [0.29, 0.717) is 6.42 Å². The maximum atomic E-state index is 10.8. The Hall–Kier alpha value is -0.860. The van der Waals surface area contributed by atoms with Crippen molar-refractivity contribution in [2.45, 2.75) is 20.3 Å². The van der Waals surface area contributed by atoms with E-state index in [2.05, 4.69) is 0 Å². The van der Waals surface area contributed by atoms with Crippen molar-refractivity contribution in [1.29, 1.82) is 0 Å².